The summed E-state index contributed by atoms with van der Waals surface area (Å²) in [5.41, 5.74) is 4.25. The number of benzene rings is 1. The molecule has 3 aromatic rings. The highest BCUT2D eigenvalue weighted by Crippen LogP contribution is 2.27. The number of rotatable bonds is 4. The lowest BCUT2D eigenvalue weighted by Crippen LogP contribution is -2.47. The van der Waals surface area contributed by atoms with Crippen LogP contribution in [0.15, 0.2) is 48.7 Å². The topological polar surface area (TPSA) is 63.5 Å². The van der Waals surface area contributed by atoms with Gasteiger partial charge in [-0.15, -0.1) is 0 Å². The van der Waals surface area contributed by atoms with Crippen LogP contribution in [0.25, 0.3) is 16.9 Å². The number of aromatic nitrogens is 3. The molecule has 29 heavy (non-hydrogen) atoms. The number of aryl methyl sites for hydroxylation is 1. The summed E-state index contributed by atoms with van der Waals surface area (Å²) < 4.78 is 6.95. The van der Waals surface area contributed by atoms with Crippen LogP contribution in [0.1, 0.15) is 16.1 Å². The van der Waals surface area contributed by atoms with Crippen LogP contribution in [0.3, 0.4) is 0 Å². The van der Waals surface area contributed by atoms with Gasteiger partial charge in [-0.3, -0.25) is 4.79 Å². The summed E-state index contributed by atoms with van der Waals surface area (Å²) in [6, 6.07) is 13.7. The average Bonchev–Trinajstić information content (AvgIpc) is 3.19. The summed E-state index contributed by atoms with van der Waals surface area (Å²) in [4.78, 5) is 21.5. The molecule has 7 heteroatoms. The highest BCUT2D eigenvalue weighted by atomic mass is 16.5. The monoisotopic (exact) mass is 391 g/mol. The molecular weight excluding hydrogens is 366 g/mol. The minimum absolute atomic E-state index is 0.0341. The Balaban J connectivity index is 1.76. The maximum atomic E-state index is 13.1. The molecule has 0 unspecified atom stereocenters. The highest BCUT2D eigenvalue weighted by Gasteiger charge is 2.24. The first-order valence-corrected chi connectivity index (χ1v) is 9.71. The molecule has 0 N–H and O–H groups in total. The van der Waals surface area contributed by atoms with E-state index in [0.29, 0.717) is 24.7 Å². The van der Waals surface area contributed by atoms with E-state index in [9.17, 15) is 4.79 Å². The van der Waals surface area contributed by atoms with Crippen molar-refractivity contribution in [2.45, 2.75) is 6.92 Å². The molecule has 0 atom stereocenters. The van der Waals surface area contributed by atoms with Gasteiger partial charge in [0.25, 0.3) is 5.91 Å². The van der Waals surface area contributed by atoms with Crippen molar-refractivity contribution in [1.82, 2.24) is 24.6 Å². The van der Waals surface area contributed by atoms with Crippen LogP contribution >= 0.6 is 0 Å². The van der Waals surface area contributed by atoms with Crippen molar-refractivity contribution >= 4 is 5.91 Å². The second-order valence-electron chi connectivity index (χ2n) is 7.30. The van der Waals surface area contributed by atoms with Crippen LogP contribution in [-0.2, 0) is 0 Å². The van der Waals surface area contributed by atoms with Gasteiger partial charge >= 0.3 is 0 Å². The molecule has 1 saturated heterocycles. The number of pyridine rings is 1. The van der Waals surface area contributed by atoms with Crippen LogP contribution in [0.2, 0.25) is 0 Å². The number of hydrogen-bond acceptors (Lipinski definition) is 5. The number of likely N-dealkylation sites (N-methyl/N-ethyl adjacent to an activating group) is 1. The minimum Gasteiger partial charge on any atom is -0.481 e. The van der Waals surface area contributed by atoms with Gasteiger partial charge < -0.3 is 14.5 Å². The molecule has 0 aliphatic carbocycles. The van der Waals surface area contributed by atoms with E-state index in [1.54, 1.807) is 24.1 Å². The van der Waals surface area contributed by atoms with Gasteiger partial charge in [-0.1, -0.05) is 24.3 Å². The maximum Gasteiger partial charge on any atom is 0.274 e. The van der Waals surface area contributed by atoms with Crippen LogP contribution in [0, 0.1) is 6.92 Å². The molecule has 0 spiro atoms. The Labute approximate surface area is 170 Å². The van der Waals surface area contributed by atoms with Gasteiger partial charge in [0.2, 0.25) is 5.88 Å². The van der Waals surface area contributed by atoms with E-state index in [1.807, 2.05) is 35.2 Å². The Hall–Kier alpha value is -3.19. The summed E-state index contributed by atoms with van der Waals surface area (Å²) in [5, 5.41) is 4.68. The number of amides is 1. The zero-order valence-electron chi connectivity index (χ0n) is 17.0. The SMILES string of the molecule is COc1ccc(-n2nc(C(=O)N3CCN(C)CC3)cc2-c2ccccc2C)cn1. The van der Waals surface area contributed by atoms with Gasteiger partial charge in [-0.25, -0.2) is 9.67 Å². The molecule has 7 nitrogen and oxygen atoms in total. The normalized spacial score (nSPS) is 14.8. The molecule has 1 aliphatic rings. The van der Waals surface area contributed by atoms with Crippen molar-refractivity contribution < 1.29 is 9.53 Å². The molecule has 1 fully saturated rings. The smallest absolute Gasteiger partial charge is 0.274 e. The third-order valence-electron chi connectivity index (χ3n) is 5.31. The number of carbonyl (C=O) groups is 1. The maximum absolute atomic E-state index is 13.1. The second kappa shape index (κ2) is 8.05. The van der Waals surface area contributed by atoms with Crippen molar-refractivity contribution in [2.75, 3.05) is 40.3 Å². The molecule has 2 aromatic heterocycles. The fourth-order valence-electron chi connectivity index (χ4n) is 3.52. The van der Waals surface area contributed by atoms with E-state index in [0.717, 1.165) is 35.6 Å². The van der Waals surface area contributed by atoms with E-state index in [2.05, 4.69) is 35.0 Å². The molecule has 1 aliphatic heterocycles. The van der Waals surface area contributed by atoms with Crippen LogP contribution in [0.5, 0.6) is 5.88 Å². The molecule has 0 saturated carbocycles. The fraction of sp³-hybridized carbons (Fsp3) is 0.318. The number of carbonyl (C=O) groups excluding carboxylic acids is 1. The first kappa shape index (κ1) is 19.1. The zero-order valence-corrected chi connectivity index (χ0v) is 17.0. The van der Waals surface area contributed by atoms with Gasteiger partial charge in [0, 0.05) is 37.8 Å². The molecule has 0 bridgehead atoms. The van der Waals surface area contributed by atoms with Crippen molar-refractivity contribution in [3.63, 3.8) is 0 Å². The lowest BCUT2D eigenvalue weighted by atomic mass is 10.1. The van der Waals surface area contributed by atoms with Gasteiger partial charge in [-0.2, -0.15) is 5.10 Å². The van der Waals surface area contributed by atoms with Crippen LogP contribution < -0.4 is 4.74 Å². The Morgan fingerprint density at radius 1 is 1.07 bits per heavy atom. The van der Waals surface area contributed by atoms with Crippen LogP contribution in [-0.4, -0.2) is 70.8 Å². The van der Waals surface area contributed by atoms with E-state index in [-0.39, 0.29) is 5.91 Å². The number of hydrogen-bond donors (Lipinski definition) is 0. The third-order valence-corrected chi connectivity index (χ3v) is 5.31. The first-order chi connectivity index (χ1) is 14.1. The van der Waals surface area contributed by atoms with Gasteiger partial charge in [0.05, 0.1) is 24.7 Å². The lowest BCUT2D eigenvalue weighted by molar-refractivity contribution is 0.0657. The van der Waals surface area contributed by atoms with Gasteiger partial charge in [-0.05, 0) is 31.7 Å². The Morgan fingerprint density at radius 2 is 1.83 bits per heavy atom. The van der Waals surface area contributed by atoms with E-state index < -0.39 is 0 Å². The Bertz CT molecular complexity index is 1000. The molecule has 150 valence electrons. The molecular formula is C22H25N5O2. The van der Waals surface area contributed by atoms with E-state index >= 15 is 0 Å². The van der Waals surface area contributed by atoms with E-state index in [4.69, 9.17) is 4.74 Å². The predicted molar refractivity (Wildman–Crippen MR) is 111 cm³/mol. The minimum atomic E-state index is -0.0341. The Morgan fingerprint density at radius 3 is 2.48 bits per heavy atom. The first-order valence-electron chi connectivity index (χ1n) is 9.71. The zero-order chi connectivity index (χ0) is 20.4. The van der Waals surface area contributed by atoms with Crippen molar-refractivity contribution in [3.05, 3.63) is 59.9 Å². The number of piperazine rings is 1. The van der Waals surface area contributed by atoms with Crippen LogP contribution in [0.4, 0.5) is 0 Å². The molecule has 0 radical (unpaired) electrons. The second-order valence-corrected chi connectivity index (χ2v) is 7.30. The predicted octanol–water partition coefficient (Wildman–Crippen LogP) is 2.64. The average molecular weight is 391 g/mol. The highest BCUT2D eigenvalue weighted by molar-refractivity contribution is 5.94. The largest absolute Gasteiger partial charge is 0.481 e. The standard InChI is InChI=1S/C22H25N5O2/c1-16-6-4-5-7-18(16)20-14-19(22(28)26-12-10-25(2)11-13-26)24-27(20)17-8-9-21(29-3)23-15-17/h4-9,14-15H,10-13H2,1-3H3. The molecule has 3 heterocycles. The lowest BCUT2D eigenvalue weighted by Gasteiger charge is -2.31. The molecule has 1 aromatic carbocycles. The quantitative estimate of drug-likeness (QED) is 0.684. The molecule has 4 rings (SSSR count). The summed E-state index contributed by atoms with van der Waals surface area (Å²) in [6.07, 6.45) is 1.71. The number of nitrogens with zero attached hydrogens (tertiary/aromatic N) is 5. The summed E-state index contributed by atoms with van der Waals surface area (Å²) >= 11 is 0. The molecule has 1 amide bonds. The van der Waals surface area contributed by atoms with Crippen molar-refractivity contribution in [3.8, 4) is 22.8 Å². The summed E-state index contributed by atoms with van der Waals surface area (Å²) in [7, 11) is 3.66. The number of methoxy groups -OCH3 is 1. The van der Waals surface area contributed by atoms with Crippen molar-refractivity contribution in [2.24, 2.45) is 0 Å². The van der Waals surface area contributed by atoms with Gasteiger partial charge in [0.1, 0.15) is 0 Å². The number of ether oxygens (including phenoxy) is 1. The fourth-order valence-corrected chi connectivity index (χ4v) is 3.52. The Kier molecular flexibility index (Phi) is 5.31. The summed E-state index contributed by atoms with van der Waals surface area (Å²) in [6.45, 7) is 5.23. The third kappa shape index (κ3) is 3.86. The van der Waals surface area contributed by atoms with Crippen molar-refractivity contribution in [1.29, 1.82) is 0 Å². The summed E-state index contributed by atoms with van der Waals surface area (Å²) in [5.74, 6) is 0.500. The van der Waals surface area contributed by atoms with E-state index in [1.165, 1.54) is 0 Å². The van der Waals surface area contributed by atoms with Gasteiger partial charge in [0.15, 0.2) is 5.69 Å².